The molecule has 0 atom stereocenters. The second-order valence-electron chi connectivity index (χ2n) is 5.60. The van der Waals surface area contributed by atoms with Crippen LogP contribution < -0.4 is 10.6 Å². The second-order valence-corrected chi connectivity index (χ2v) is 6.63. The first kappa shape index (κ1) is 20.0. The highest BCUT2D eigenvalue weighted by atomic mass is 127. The maximum Gasteiger partial charge on any atom is 0.191 e. The number of aromatic nitrogens is 2. The van der Waals surface area contributed by atoms with E-state index in [1.165, 1.54) is 4.88 Å². The van der Waals surface area contributed by atoms with E-state index >= 15 is 0 Å². The Morgan fingerprint density at radius 2 is 2.26 bits per heavy atom. The van der Waals surface area contributed by atoms with E-state index in [1.807, 2.05) is 18.7 Å². The van der Waals surface area contributed by atoms with E-state index in [2.05, 4.69) is 56.5 Å². The molecule has 2 aromatic heterocycles. The van der Waals surface area contributed by atoms with Gasteiger partial charge in [-0.1, -0.05) is 19.9 Å². The standard InChI is InChI=1S/C16H25N5S.HI/c1-14(2)11-19-16(20-12-15-5-3-10-22-15)18-6-4-8-21-9-7-17-13-21;/h3,5,7,9-10,13-14H,4,6,8,11-12H2,1-2H3,(H2,18,19,20);1H. The summed E-state index contributed by atoms with van der Waals surface area (Å²) in [7, 11) is 0. The van der Waals surface area contributed by atoms with Crippen LogP contribution in [-0.4, -0.2) is 28.6 Å². The minimum atomic E-state index is 0. The van der Waals surface area contributed by atoms with Gasteiger partial charge in [-0.25, -0.2) is 9.98 Å². The molecule has 0 aromatic carbocycles. The number of nitrogens with one attached hydrogen (secondary N) is 2. The summed E-state index contributed by atoms with van der Waals surface area (Å²) in [5.41, 5.74) is 0. The smallest absolute Gasteiger partial charge is 0.191 e. The van der Waals surface area contributed by atoms with Crippen LogP contribution in [0.3, 0.4) is 0 Å². The van der Waals surface area contributed by atoms with Crippen LogP contribution in [-0.2, 0) is 13.1 Å². The van der Waals surface area contributed by atoms with E-state index in [4.69, 9.17) is 0 Å². The molecule has 23 heavy (non-hydrogen) atoms. The van der Waals surface area contributed by atoms with Crippen LogP contribution in [0.5, 0.6) is 0 Å². The van der Waals surface area contributed by atoms with Gasteiger partial charge in [0.25, 0.3) is 0 Å². The third-order valence-electron chi connectivity index (χ3n) is 3.10. The lowest BCUT2D eigenvalue weighted by atomic mass is 10.2. The molecule has 0 fully saturated rings. The Bertz CT molecular complexity index is 537. The molecule has 0 aliphatic heterocycles. The predicted octanol–water partition coefficient (Wildman–Crippen LogP) is 3.34. The van der Waals surface area contributed by atoms with Crippen molar-refractivity contribution < 1.29 is 0 Å². The monoisotopic (exact) mass is 447 g/mol. The summed E-state index contributed by atoms with van der Waals surface area (Å²) < 4.78 is 2.09. The first-order valence-electron chi connectivity index (χ1n) is 7.74. The van der Waals surface area contributed by atoms with Crippen molar-refractivity contribution >= 4 is 41.3 Å². The van der Waals surface area contributed by atoms with Crippen molar-refractivity contribution in [2.45, 2.75) is 33.4 Å². The topological polar surface area (TPSA) is 54.2 Å². The minimum Gasteiger partial charge on any atom is -0.356 e. The number of halogens is 1. The van der Waals surface area contributed by atoms with Gasteiger partial charge in [-0.05, 0) is 23.8 Å². The molecule has 0 unspecified atom stereocenters. The molecule has 5 nitrogen and oxygen atoms in total. The van der Waals surface area contributed by atoms with Gasteiger partial charge in [0.15, 0.2) is 5.96 Å². The van der Waals surface area contributed by atoms with Gasteiger partial charge in [0.1, 0.15) is 0 Å². The maximum absolute atomic E-state index is 4.66. The van der Waals surface area contributed by atoms with Gasteiger partial charge < -0.3 is 15.2 Å². The summed E-state index contributed by atoms with van der Waals surface area (Å²) in [6.07, 6.45) is 6.69. The molecule has 2 N–H and O–H groups in total. The zero-order valence-electron chi connectivity index (χ0n) is 13.7. The average molecular weight is 447 g/mol. The number of thiophene rings is 1. The first-order chi connectivity index (χ1) is 10.7. The number of hydrogen-bond donors (Lipinski definition) is 2. The molecule has 2 rings (SSSR count). The quantitative estimate of drug-likeness (QED) is 0.283. The van der Waals surface area contributed by atoms with Gasteiger partial charge in [-0.2, -0.15) is 0 Å². The Morgan fingerprint density at radius 1 is 1.39 bits per heavy atom. The van der Waals surface area contributed by atoms with E-state index in [9.17, 15) is 0 Å². The van der Waals surface area contributed by atoms with Crippen LogP contribution >= 0.6 is 35.3 Å². The fourth-order valence-electron chi connectivity index (χ4n) is 1.92. The van der Waals surface area contributed by atoms with Gasteiger partial charge in [0.05, 0.1) is 12.9 Å². The molecular weight excluding hydrogens is 421 g/mol. The number of hydrogen-bond acceptors (Lipinski definition) is 3. The molecule has 128 valence electrons. The minimum absolute atomic E-state index is 0. The Kier molecular flexibility index (Phi) is 9.93. The van der Waals surface area contributed by atoms with Crippen LogP contribution in [0.2, 0.25) is 0 Å². The molecular formula is C16H26IN5S. The number of rotatable bonds is 8. The Hall–Kier alpha value is -1.09. The van der Waals surface area contributed by atoms with Crippen molar-refractivity contribution in [2.24, 2.45) is 10.9 Å². The predicted molar refractivity (Wildman–Crippen MR) is 109 cm³/mol. The molecule has 0 bridgehead atoms. The van der Waals surface area contributed by atoms with Crippen molar-refractivity contribution in [2.75, 3.05) is 13.1 Å². The summed E-state index contributed by atoms with van der Waals surface area (Å²) in [5, 5.41) is 8.90. The van der Waals surface area contributed by atoms with Crippen LogP contribution in [0, 0.1) is 5.92 Å². The van der Waals surface area contributed by atoms with Gasteiger partial charge in [-0.15, -0.1) is 35.3 Å². The summed E-state index contributed by atoms with van der Waals surface area (Å²) in [6.45, 7) is 7.91. The molecule has 0 radical (unpaired) electrons. The lowest BCUT2D eigenvalue weighted by molar-refractivity contribution is 0.598. The van der Waals surface area contributed by atoms with Crippen LogP contribution in [0.4, 0.5) is 0 Å². The number of guanidine groups is 1. The number of nitrogens with zero attached hydrogens (tertiary/aromatic N) is 3. The van der Waals surface area contributed by atoms with Gasteiger partial charge in [-0.3, -0.25) is 0 Å². The van der Waals surface area contributed by atoms with Crippen molar-refractivity contribution in [3.8, 4) is 0 Å². The molecule has 0 aliphatic rings. The van der Waals surface area contributed by atoms with E-state index < -0.39 is 0 Å². The van der Waals surface area contributed by atoms with Gasteiger partial charge in [0, 0.05) is 36.9 Å². The number of aliphatic imine (C=N–C) groups is 1. The Morgan fingerprint density at radius 3 is 2.91 bits per heavy atom. The van der Waals surface area contributed by atoms with E-state index in [0.29, 0.717) is 5.92 Å². The summed E-state index contributed by atoms with van der Waals surface area (Å²) in [4.78, 5) is 9.99. The fourth-order valence-corrected chi connectivity index (χ4v) is 2.55. The third kappa shape index (κ3) is 8.36. The van der Waals surface area contributed by atoms with Gasteiger partial charge in [0.2, 0.25) is 0 Å². The first-order valence-corrected chi connectivity index (χ1v) is 8.62. The lowest BCUT2D eigenvalue weighted by Crippen LogP contribution is -2.39. The van der Waals surface area contributed by atoms with Crippen LogP contribution in [0.1, 0.15) is 25.1 Å². The van der Waals surface area contributed by atoms with Crippen LogP contribution in [0.25, 0.3) is 0 Å². The molecule has 0 aliphatic carbocycles. The molecule has 0 amide bonds. The van der Waals surface area contributed by atoms with E-state index in [-0.39, 0.29) is 24.0 Å². The van der Waals surface area contributed by atoms with E-state index in [0.717, 1.165) is 38.6 Å². The summed E-state index contributed by atoms with van der Waals surface area (Å²) in [6, 6.07) is 4.18. The Labute approximate surface area is 159 Å². The van der Waals surface area contributed by atoms with Crippen LogP contribution in [0.15, 0.2) is 41.2 Å². The zero-order chi connectivity index (χ0) is 15.6. The molecule has 0 saturated carbocycles. The SMILES string of the molecule is CC(C)CNC(=NCc1cccs1)NCCCn1ccnc1.I. The van der Waals surface area contributed by atoms with Crippen molar-refractivity contribution in [1.29, 1.82) is 0 Å². The highest BCUT2D eigenvalue weighted by Gasteiger charge is 2.01. The molecule has 0 saturated heterocycles. The van der Waals surface area contributed by atoms with Crippen molar-refractivity contribution in [3.05, 3.63) is 41.1 Å². The zero-order valence-corrected chi connectivity index (χ0v) is 16.9. The van der Waals surface area contributed by atoms with Gasteiger partial charge >= 0.3 is 0 Å². The Balaban J connectivity index is 0.00000264. The molecule has 2 aromatic rings. The van der Waals surface area contributed by atoms with Crippen molar-refractivity contribution in [3.63, 3.8) is 0 Å². The average Bonchev–Trinajstić information content (AvgIpc) is 3.18. The maximum atomic E-state index is 4.66. The second kappa shape index (κ2) is 11.4. The number of aryl methyl sites for hydroxylation is 1. The fraction of sp³-hybridized carbons (Fsp3) is 0.500. The van der Waals surface area contributed by atoms with E-state index in [1.54, 1.807) is 11.3 Å². The van der Waals surface area contributed by atoms with Crippen molar-refractivity contribution in [1.82, 2.24) is 20.2 Å². The largest absolute Gasteiger partial charge is 0.356 e. The summed E-state index contributed by atoms with van der Waals surface area (Å²) >= 11 is 1.74. The number of imidazole rings is 1. The normalized spacial score (nSPS) is 11.3. The molecule has 0 spiro atoms. The third-order valence-corrected chi connectivity index (χ3v) is 3.96. The molecule has 2 heterocycles. The lowest BCUT2D eigenvalue weighted by Gasteiger charge is -2.14. The summed E-state index contributed by atoms with van der Waals surface area (Å²) in [5.74, 6) is 1.49. The molecule has 7 heteroatoms. The highest BCUT2D eigenvalue weighted by molar-refractivity contribution is 14.0. The highest BCUT2D eigenvalue weighted by Crippen LogP contribution is 2.09.